The van der Waals surface area contributed by atoms with Crippen LogP contribution in [-0.4, -0.2) is 122 Å². The van der Waals surface area contributed by atoms with Gasteiger partial charge in [0.1, 0.15) is 11.5 Å². The van der Waals surface area contributed by atoms with Crippen LogP contribution in [0.15, 0.2) is 94.7 Å². The molecule has 2 saturated heterocycles. The van der Waals surface area contributed by atoms with E-state index in [4.69, 9.17) is 18.9 Å². The smallest absolute Gasteiger partial charge is 0.418 e. The number of ether oxygens (including phenoxy) is 4. The maximum atomic E-state index is 15.8. The SMILES string of the molecule is CCOC(=O)N1CCN(C(=O)C=Cc2ccc(Sc3ccc(C=CC(=O)N4CCN(C(=O)OCC)CC4)c(-c4ccccc4OCC)c3C(F)(F)F)c(C(F)(F)F)c2-c2ccccc2OCC)CC1. The summed E-state index contributed by atoms with van der Waals surface area (Å²) in [5.74, 6) is -0.921. The van der Waals surface area contributed by atoms with E-state index in [1.807, 2.05) is 0 Å². The van der Waals surface area contributed by atoms with Crippen molar-refractivity contribution in [2.75, 3.05) is 78.8 Å². The Morgan fingerprint density at radius 1 is 0.507 bits per heavy atom. The van der Waals surface area contributed by atoms with E-state index in [1.165, 1.54) is 80.3 Å². The third-order valence-corrected chi connectivity index (χ3v) is 12.3. The molecule has 0 aromatic heterocycles. The van der Waals surface area contributed by atoms with E-state index >= 15 is 26.3 Å². The highest BCUT2D eigenvalue weighted by molar-refractivity contribution is 7.99. The molecule has 368 valence electrons. The van der Waals surface area contributed by atoms with Gasteiger partial charge in [-0.25, -0.2) is 9.59 Å². The maximum absolute atomic E-state index is 15.8. The van der Waals surface area contributed by atoms with Crippen molar-refractivity contribution in [2.24, 2.45) is 0 Å². The molecule has 4 aromatic carbocycles. The summed E-state index contributed by atoms with van der Waals surface area (Å²) < 4.78 is 117. The van der Waals surface area contributed by atoms with Gasteiger partial charge in [0, 0.05) is 96.6 Å². The molecule has 69 heavy (non-hydrogen) atoms. The molecule has 4 aromatic rings. The second-order valence-corrected chi connectivity index (χ2v) is 16.5. The van der Waals surface area contributed by atoms with Crippen molar-refractivity contribution < 1.29 is 64.5 Å². The number of nitrogens with zero attached hydrogens (tertiary/aromatic N) is 4. The number of carbonyl (C=O) groups excluding carboxylic acids is 4. The molecule has 2 aliphatic heterocycles. The van der Waals surface area contributed by atoms with Crippen molar-refractivity contribution in [2.45, 2.75) is 49.8 Å². The lowest BCUT2D eigenvalue weighted by Crippen LogP contribution is -2.50. The summed E-state index contributed by atoms with van der Waals surface area (Å²) >= 11 is 0.269. The van der Waals surface area contributed by atoms with Gasteiger partial charge in [0.05, 0.1) is 37.6 Å². The van der Waals surface area contributed by atoms with Crippen LogP contribution in [0.25, 0.3) is 34.4 Å². The Kier molecular flexibility index (Phi) is 17.3. The highest BCUT2D eigenvalue weighted by atomic mass is 32.2. The predicted octanol–water partition coefficient (Wildman–Crippen LogP) is 10.6. The van der Waals surface area contributed by atoms with Crippen LogP contribution in [0, 0.1) is 0 Å². The number of hydrogen-bond donors (Lipinski definition) is 0. The fraction of sp³-hybridized carbons (Fsp3) is 0.360. The van der Waals surface area contributed by atoms with Gasteiger partial charge < -0.3 is 38.5 Å². The Hall–Kier alpha value is -6.63. The molecule has 0 aliphatic carbocycles. The Balaban J connectivity index is 1.47. The normalized spacial score (nSPS) is 14.6. The number of carbonyl (C=O) groups is 4. The first kappa shape index (κ1) is 51.8. The van der Waals surface area contributed by atoms with Gasteiger partial charge in [0.25, 0.3) is 0 Å². The summed E-state index contributed by atoms with van der Waals surface area (Å²) in [4.78, 5) is 56.0. The predicted molar refractivity (Wildman–Crippen MR) is 249 cm³/mol. The van der Waals surface area contributed by atoms with E-state index in [-0.39, 0.29) is 124 Å². The second kappa shape index (κ2) is 23.1. The Morgan fingerprint density at radius 2 is 0.855 bits per heavy atom. The summed E-state index contributed by atoms with van der Waals surface area (Å²) in [5.41, 5.74) is -3.54. The van der Waals surface area contributed by atoms with Crippen LogP contribution in [0.5, 0.6) is 11.5 Å². The zero-order chi connectivity index (χ0) is 49.9. The number of amides is 4. The molecule has 2 heterocycles. The topological polar surface area (TPSA) is 118 Å². The molecular formula is C50H52F6N4O8S. The minimum atomic E-state index is -5.16. The molecule has 6 rings (SSSR count). The van der Waals surface area contributed by atoms with Crippen molar-refractivity contribution in [3.8, 4) is 33.8 Å². The van der Waals surface area contributed by atoms with Gasteiger partial charge in [-0.1, -0.05) is 60.3 Å². The molecule has 0 saturated carbocycles. The van der Waals surface area contributed by atoms with Crippen LogP contribution < -0.4 is 9.47 Å². The second-order valence-electron chi connectivity index (χ2n) is 15.5. The van der Waals surface area contributed by atoms with Crippen LogP contribution in [-0.2, 0) is 31.4 Å². The lowest BCUT2D eigenvalue weighted by molar-refractivity contribution is -0.139. The van der Waals surface area contributed by atoms with Crippen molar-refractivity contribution in [1.29, 1.82) is 0 Å². The number of piperazine rings is 2. The number of benzene rings is 4. The first-order valence-electron chi connectivity index (χ1n) is 22.4. The van der Waals surface area contributed by atoms with Gasteiger partial charge in [0.15, 0.2) is 0 Å². The summed E-state index contributed by atoms with van der Waals surface area (Å²) in [7, 11) is 0. The maximum Gasteiger partial charge on any atom is 0.418 e. The highest BCUT2D eigenvalue weighted by Crippen LogP contribution is 2.52. The van der Waals surface area contributed by atoms with Crippen molar-refractivity contribution in [3.63, 3.8) is 0 Å². The Bertz CT molecular complexity index is 2380. The van der Waals surface area contributed by atoms with Gasteiger partial charge >= 0.3 is 24.5 Å². The average molecular weight is 983 g/mol. The molecule has 0 unspecified atom stereocenters. The molecule has 19 heteroatoms. The van der Waals surface area contributed by atoms with E-state index in [2.05, 4.69) is 0 Å². The molecule has 4 amide bonds. The van der Waals surface area contributed by atoms with E-state index in [9.17, 15) is 19.2 Å². The van der Waals surface area contributed by atoms with Crippen molar-refractivity contribution in [1.82, 2.24) is 19.6 Å². The Morgan fingerprint density at radius 3 is 1.19 bits per heavy atom. The monoisotopic (exact) mass is 982 g/mol. The van der Waals surface area contributed by atoms with Crippen LogP contribution >= 0.6 is 11.8 Å². The zero-order valence-electron chi connectivity index (χ0n) is 38.5. The number of rotatable bonds is 14. The van der Waals surface area contributed by atoms with Gasteiger partial charge in [0.2, 0.25) is 11.8 Å². The zero-order valence-corrected chi connectivity index (χ0v) is 39.3. The molecule has 2 aliphatic rings. The standard InChI is InChI=1S/C50H52F6N4O8S/c1-5-65-37-15-11-9-13-35(37)43-33(19-23-41(61)57-25-29-59(30-26-57)47(63)67-7-3)17-21-39(45(43)49(51,52)53)69-40-22-18-34(20-24-42(62)58-27-31-60(32-28-58)48(64)68-8-4)44(46(40)50(54,55)56)36-14-10-12-16-38(36)66-6-2/h9-24H,5-8,25-32H2,1-4H3. The van der Waals surface area contributed by atoms with Crippen LogP contribution in [0.4, 0.5) is 35.9 Å². The number of alkyl halides is 6. The van der Waals surface area contributed by atoms with Gasteiger partial charge in [-0.2, -0.15) is 26.3 Å². The van der Waals surface area contributed by atoms with Crippen LogP contribution in [0.1, 0.15) is 49.9 Å². The third-order valence-electron chi connectivity index (χ3n) is 11.1. The molecule has 0 spiro atoms. The first-order chi connectivity index (χ1) is 33.0. The summed E-state index contributed by atoms with van der Waals surface area (Å²) in [6, 6.07) is 16.7. The molecule has 12 nitrogen and oxygen atoms in total. The minimum Gasteiger partial charge on any atom is -0.493 e. The van der Waals surface area contributed by atoms with E-state index in [0.29, 0.717) is 0 Å². The van der Waals surface area contributed by atoms with Crippen LogP contribution in [0.3, 0.4) is 0 Å². The largest absolute Gasteiger partial charge is 0.493 e. The highest BCUT2D eigenvalue weighted by Gasteiger charge is 2.42. The molecule has 0 atom stereocenters. The van der Waals surface area contributed by atoms with Gasteiger partial charge in [-0.3, -0.25) is 9.59 Å². The van der Waals surface area contributed by atoms with Crippen molar-refractivity contribution in [3.05, 3.63) is 107 Å². The fourth-order valence-corrected chi connectivity index (χ4v) is 9.15. The molecule has 0 bridgehead atoms. The Labute approximate surface area is 400 Å². The molecular weight excluding hydrogens is 931 g/mol. The average Bonchev–Trinajstić information content (AvgIpc) is 3.32. The lowest BCUT2D eigenvalue weighted by Gasteiger charge is -2.33. The first-order valence-corrected chi connectivity index (χ1v) is 23.2. The summed E-state index contributed by atoms with van der Waals surface area (Å²) in [6.45, 7) is 8.45. The molecule has 2 fully saturated rings. The van der Waals surface area contributed by atoms with Crippen molar-refractivity contribution >= 4 is 47.9 Å². The number of para-hydroxylation sites is 2. The summed E-state index contributed by atoms with van der Waals surface area (Å²) in [6.07, 6.45) is -6.67. The van der Waals surface area contributed by atoms with E-state index in [1.54, 1.807) is 39.8 Å². The fourth-order valence-electron chi connectivity index (χ4n) is 8.00. The van der Waals surface area contributed by atoms with Crippen LogP contribution in [0.2, 0.25) is 0 Å². The minimum absolute atomic E-state index is 0.0147. The molecule has 0 radical (unpaired) electrons. The van der Waals surface area contributed by atoms with E-state index < -0.39 is 68.4 Å². The van der Waals surface area contributed by atoms with E-state index in [0.717, 1.165) is 24.3 Å². The number of hydrogen-bond acceptors (Lipinski definition) is 9. The lowest BCUT2D eigenvalue weighted by atomic mass is 9.92. The van der Waals surface area contributed by atoms with Gasteiger partial charge in [-0.05, 0) is 75.2 Å². The molecule has 0 N–H and O–H groups in total. The van der Waals surface area contributed by atoms with Gasteiger partial charge in [-0.15, -0.1) is 0 Å². The third kappa shape index (κ3) is 12.5. The summed E-state index contributed by atoms with van der Waals surface area (Å²) in [5, 5.41) is 0. The quantitative estimate of drug-likeness (QED) is 0.0899. The number of halogens is 6.